The van der Waals surface area contributed by atoms with E-state index < -0.39 is 0 Å². The zero-order valence-electron chi connectivity index (χ0n) is 39.1. The summed E-state index contributed by atoms with van der Waals surface area (Å²) in [7, 11) is 0. The van der Waals surface area contributed by atoms with E-state index in [1.54, 1.807) is 0 Å². The summed E-state index contributed by atoms with van der Waals surface area (Å²) in [5.41, 5.74) is 16.3. The van der Waals surface area contributed by atoms with Crippen LogP contribution in [0.5, 0.6) is 0 Å². The molecule has 0 radical (unpaired) electrons. The van der Waals surface area contributed by atoms with Gasteiger partial charge in [0.05, 0.1) is 22.7 Å². The van der Waals surface area contributed by atoms with E-state index in [0.29, 0.717) is 0 Å². The van der Waals surface area contributed by atoms with E-state index in [0.717, 1.165) is 111 Å². The van der Waals surface area contributed by atoms with Gasteiger partial charge in [-0.25, -0.2) is 0 Å². The van der Waals surface area contributed by atoms with Gasteiger partial charge in [0.25, 0.3) is 0 Å². The fraction of sp³-hybridized carbons (Fsp3) is 0. The molecule has 4 nitrogen and oxygen atoms in total. The molecule has 14 rings (SSSR count). The van der Waals surface area contributed by atoms with Crippen LogP contribution in [0.4, 0.5) is 34.1 Å². The normalized spacial score (nSPS) is 11.6. The summed E-state index contributed by atoms with van der Waals surface area (Å²) in [6.45, 7) is 0. The van der Waals surface area contributed by atoms with E-state index in [-0.39, 0.29) is 0 Å². The third-order valence-corrected chi connectivity index (χ3v) is 14.3. The highest BCUT2D eigenvalue weighted by atomic mass is 16.3. The number of benzene rings is 12. The van der Waals surface area contributed by atoms with Crippen molar-refractivity contribution in [1.82, 2.24) is 0 Å². The van der Waals surface area contributed by atoms with Crippen LogP contribution in [0, 0.1) is 0 Å². The van der Waals surface area contributed by atoms with Gasteiger partial charge in [-0.15, -0.1) is 0 Å². The van der Waals surface area contributed by atoms with Crippen molar-refractivity contribution in [1.29, 1.82) is 0 Å². The molecule has 0 saturated carbocycles. The largest absolute Gasteiger partial charge is 0.456 e. The Labute approximate surface area is 416 Å². The lowest BCUT2D eigenvalue weighted by Gasteiger charge is -2.32. The van der Waals surface area contributed by atoms with Gasteiger partial charge < -0.3 is 18.6 Å². The molecule has 0 atom stereocenters. The second-order valence-corrected chi connectivity index (χ2v) is 18.4. The topological polar surface area (TPSA) is 32.8 Å². The molecule has 0 unspecified atom stereocenters. The van der Waals surface area contributed by atoms with Crippen LogP contribution in [0.15, 0.2) is 276 Å². The van der Waals surface area contributed by atoms with Crippen LogP contribution in [0.25, 0.3) is 98.8 Å². The predicted octanol–water partition coefficient (Wildman–Crippen LogP) is 19.7. The Bertz CT molecular complexity index is 4300. The van der Waals surface area contributed by atoms with Gasteiger partial charge in [-0.2, -0.15) is 0 Å². The van der Waals surface area contributed by atoms with Gasteiger partial charge in [-0.1, -0.05) is 200 Å². The quantitative estimate of drug-likeness (QED) is 0.144. The number of hydrogen-bond acceptors (Lipinski definition) is 4. The minimum atomic E-state index is 0.833. The molecule has 14 aromatic rings. The summed E-state index contributed by atoms with van der Waals surface area (Å²) in [6, 6.07) is 95.5. The van der Waals surface area contributed by atoms with Crippen molar-refractivity contribution < 1.29 is 8.83 Å². The smallest absolute Gasteiger partial charge is 0.138 e. The fourth-order valence-electron chi connectivity index (χ4n) is 11.0. The molecule has 2 heterocycles. The highest BCUT2D eigenvalue weighted by Gasteiger charge is 2.26. The molecule has 0 bridgehead atoms. The van der Waals surface area contributed by atoms with Crippen molar-refractivity contribution in [2.45, 2.75) is 0 Å². The molecule has 0 saturated heterocycles. The number of rotatable bonds is 9. The Morgan fingerprint density at radius 3 is 1.39 bits per heavy atom. The first-order valence-electron chi connectivity index (χ1n) is 24.5. The van der Waals surface area contributed by atoms with Crippen molar-refractivity contribution in [3.8, 4) is 33.4 Å². The molecule has 72 heavy (non-hydrogen) atoms. The lowest BCUT2D eigenvalue weighted by atomic mass is 9.94. The zero-order valence-corrected chi connectivity index (χ0v) is 39.1. The van der Waals surface area contributed by atoms with Crippen LogP contribution in [0.3, 0.4) is 0 Å². The van der Waals surface area contributed by atoms with Crippen molar-refractivity contribution in [3.63, 3.8) is 0 Å². The molecule has 12 aromatic carbocycles. The molecular formula is C68H44N2O2. The van der Waals surface area contributed by atoms with Crippen LogP contribution in [0.1, 0.15) is 0 Å². The minimum absolute atomic E-state index is 0.833. The third-order valence-electron chi connectivity index (χ3n) is 14.3. The average Bonchev–Trinajstić information content (AvgIpc) is 4.02. The third kappa shape index (κ3) is 6.84. The SMILES string of the molecule is c1ccc(-c2ccc(N(c3ccccc3-c3ccccc3N(c3ccc4c(c3)oc3ccccc34)c3ccc(-c4ccccc4)c4ccccc34)c3cc4oc5ccccc5c4c4ccccc34)cc2)cc1. The first kappa shape index (κ1) is 41.3. The lowest BCUT2D eigenvalue weighted by molar-refractivity contribution is 0.668. The van der Waals surface area contributed by atoms with Gasteiger partial charge in [-0.3, -0.25) is 0 Å². The van der Waals surface area contributed by atoms with Gasteiger partial charge in [-0.05, 0) is 87.6 Å². The average molecular weight is 921 g/mol. The first-order chi connectivity index (χ1) is 35.7. The molecule has 0 fully saturated rings. The second kappa shape index (κ2) is 17.1. The van der Waals surface area contributed by atoms with Gasteiger partial charge >= 0.3 is 0 Å². The Kier molecular flexibility index (Phi) is 9.82. The molecule has 0 amide bonds. The molecule has 0 aliphatic rings. The van der Waals surface area contributed by atoms with E-state index in [2.05, 4.69) is 259 Å². The number of furan rings is 2. The summed E-state index contributed by atoms with van der Waals surface area (Å²) in [4.78, 5) is 4.84. The molecule has 0 aliphatic heterocycles. The lowest BCUT2D eigenvalue weighted by Crippen LogP contribution is -2.14. The standard InChI is InChI=1S/C68H44N2O2/c1-3-19-45(20-4-1)46-35-37-48(38-36-46)69(63-44-67-68(58-29-10-9-27-55(58)63)59-30-14-18-34-65(59)72-67)60-31-15-11-25-53(60)54-26-12-16-32-61(54)70(49-39-40-57-56-28-13-17-33-64(56)71-66(57)43-49)62-42-41-50(47-21-5-2-6-22-47)51-23-7-8-24-52(51)62/h1-44H. The maximum absolute atomic E-state index is 6.74. The van der Waals surface area contributed by atoms with E-state index >= 15 is 0 Å². The number of nitrogens with zero attached hydrogens (tertiary/aromatic N) is 2. The summed E-state index contributed by atoms with van der Waals surface area (Å²) in [5.74, 6) is 0. The van der Waals surface area contributed by atoms with Gasteiger partial charge in [0, 0.05) is 67.0 Å². The van der Waals surface area contributed by atoms with Crippen molar-refractivity contribution in [3.05, 3.63) is 267 Å². The Morgan fingerprint density at radius 1 is 0.222 bits per heavy atom. The predicted molar refractivity (Wildman–Crippen MR) is 302 cm³/mol. The maximum atomic E-state index is 6.74. The van der Waals surface area contributed by atoms with Crippen molar-refractivity contribution in [2.75, 3.05) is 9.80 Å². The van der Waals surface area contributed by atoms with Crippen molar-refractivity contribution >= 4 is 99.5 Å². The Hall–Kier alpha value is -9.64. The summed E-state index contributed by atoms with van der Waals surface area (Å²) in [5, 5.41) is 8.97. The second-order valence-electron chi connectivity index (χ2n) is 18.4. The fourth-order valence-corrected chi connectivity index (χ4v) is 11.0. The molecule has 338 valence electrons. The van der Waals surface area contributed by atoms with Gasteiger partial charge in [0.1, 0.15) is 22.3 Å². The molecule has 0 aliphatic carbocycles. The number of para-hydroxylation sites is 4. The highest BCUT2D eigenvalue weighted by molar-refractivity contribution is 6.23. The van der Waals surface area contributed by atoms with Crippen molar-refractivity contribution in [2.24, 2.45) is 0 Å². The van der Waals surface area contributed by atoms with E-state index in [4.69, 9.17) is 8.83 Å². The molecule has 0 N–H and O–H groups in total. The summed E-state index contributed by atoms with van der Waals surface area (Å²) in [6.07, 6.45) is 0. The number of anilines is 6. The molecular weight excluding hydrogens is 877 g/mol. The summed E-state index contributed by atoms with van der Waals surface area (Å²) >= 11 is 0. The van der Waals surface area contributed by atoms with Crippen LogP contribution in [0.2, 0.25) is 0 Å². The summed E-state index contributed by atoms with van der Waals surface area (Å²) < 4.78 is 13.4. The first-order valence-corrected chi connectivity index (χ1v) is 24.5. The molecule has 4 heteroatoms. The number of hydrogen-bond donors (Lipinski definition) is 0. The maximum Gasteiger partial charge on any atom is 0.138 e. The van der Waals surface area contributed by atoms with Gasteiger partial charge in [0.15, 0.2) is 0 Å². The Morgan fingerprint density at radius 2 is 0.694 bits per heavy atom. The van der Waals surface area contributed by atoms with E-state index in [9.17, 15) is 0 Å². The van der Waals surface area contributed by atoms with E-state index in [1.807, 2.05) is 18.2 Å². The molecule has 2 aromatic heterocycles. The Balaban J connectivity index is 1.02. The number of fused-ring (bicyclic) bond motifs is 9. The zero-order chi connectivity index (χ0) is 47.5. The van der Waals surface area contributed by atoms with Crippen LogP contribution < -0.4 is 9.80 Å². The molecule has 0 spiro atoms. The van der Waals surface area contributed by atoms with Gasteiger partial charge in [0.2, 0.25) is 0 Å². The minimum Gasteiger partial charge on any atom is -0.456 e. The highest BCUT2D eigenvalue weighted by Crippen LogP contribution is 2.51. The van der Waals surface area contributed by atoms with Crippen LogP contribution >= 0.6 is 0 Å². The van der Waals surface area contributed by atoms with E-state index in [1.165, 1.54) is 22.1 Å². The van der Waals surface area contributed by atoms with Crippen LogP contribution in [-0.4, -0.2) is 0 Å². The monoisotopic (exact) mass is 920 g/mol. The van der Waals surface area contributed by atoms with Crippen LogP contribution in [-0.2, 0) is 0 Å².